The number of anilines is 1. The SMILES string of the molecule is CC(C)(C)OC(=O)N1Cc2cnnn2Cc2cc(F)ccc21. The maximum Gasteiger partial charge on any atom is 0.415 e. The Morgan fingerprint density at radius 1 is 1.32 bits per heavy atom. The number of fused-ring (bicyclic) bond motifs is 2. The summed E-state index contributed by atoms with van der Waals surface area (Å²) in [6, 6.07) is 4.33. The summed E-state index contributed by atoms with van der Waals surface area (Å²) in [7, 11) is 0. The van der Waals surface area contributed by atoms with Gasteiger partial charge in [-0.3, -0.25) is 4.90 Å². The molecule has 2 aromatic rings. The molecule has 6 nitrogen and oxygen atoms in total. The molecule has 116 valence electrons. The first-order valence-electron chi connectivity index (χ1n) is 7.00. The average molecular weight is 304 g/mol. The zero-order valence-corrected chi connectivity index (χ0v) is 12.7. The van der Waals surface area contributed by atoms with Crippen molar-refractivity contribution in [1.82, 2.24) is 15.0 Å². The van der Waals surface area contributed by atoms with Crippen molar-refractivity contribution in [2.24, 2.45) is 0 Å². The van der Waals surface area contributed by atoms with Gasteiger partial charge in [0.05, 0.1) is 30.7 Å². The second-order valence-corrected chi connectivity index (χ2v) is 6.22. The zero-order valence-electron chi connectivity index (χ0n) is 12.7. The molecule has 0 saturated carbocycles. The van der Waals surface area contributed by atoms with E-state index < -0.39 is 11.7 Å². The summed E-state index contributed by atoms with van der Waals surface area (Å²) in [5, 5.41) is 7.83. The first-order chi connectivity index (χ1) is 10.3. The van der Waals surface area contributed by atoms with Crippen molar-refractivity contribution in [3.8, 4) is 0 Å². The van der Waals surface area contributed by atoms with E-state index in [4.69, 9.17) is 4.74 Å². The minimum atomic E-state index is -0.609. The van der Waals surface area contributed by atoms with E-state index >= 15 is 0 Å². The van der Waals surface area contributed by atoms with E-state index in [-0.39, 0.29) is 12.4 Å². The monoisotopic (exact) mass is 304 g/mol. The van der Waals surface area contributed by atoms with E-state index in [1.54, 1.807) is 37.7 Å². The van der Waals surface area contributed by atoms with Gasteiger partial charge in [0, 0.05) is 5.56 Å². The molecule has 0 spiro atoms. The predicted octanol–water partition coefficient (Wildman–Crippen LogP) is 2.72. The maximum atomic E-state index is 13.5. The van der Waals surface area contributed by atoms with E-state index in [1.165, 1.54) is 17.0 Å². The lowest BCUT2D eigenvalue weighted by Crippen LogP contribution is -2.36. The minimum absolute atomic E-state index is 0.278. The summed E-state index contributed by atoms with van der Waals surface area (Å²) in [4.78, 5) is 14.0. The number of ether oxygens (including phenoxy) is 1. The molecule has 3 rings (SSSR count). The highest BCUT2D eigenvalue weighted by atomic mass is 19.1. The number of carbonyl (C=O) groups excluding carboxylic acids is 1. The summed E-state index contributed by atoms with van der Waals surface area (Å²) >= 11 is 0. The molecule has 0 atom stereocenters. The van der Waals surface area contributed by atoms with Gasteiger partial charge >= 0.3 is 6.09 Å². The van der Waals surface area contributed by atoms with Gasteiger partial charge in [-0.25, -0.2) is 13.9 Å². The number of hydrogen-bond acceptors (Lipinski definition) is 4. The van der Waals surface area contributed by atoms with Crippen molar-refractivity contribution in [1.29, 1.82) is 0 Å². The van der Waals surface area contributed by atoms with Gasteiger partial charge in [0.15, 0.2) is 0 Å². The van der Waals surface area contributed by atoms with Crippen molar-refractivity contribution in [3.63, 3.8) is 0 Å². The molecule has 2 heterocycles. The Balaban J connectivity index is 2.04. The van der Waals surface area contributed by atoms with Crippen LogP contribution >= 0.6 is 0 Å². The van der Waals surface area contributed by atoms with Crippen molar-refractivity contribution < 1.29 is 13.9 Å². The van der Waals surface area contributed by atoms with Gasteiger partial charge in [0.2, 0.25) is 0 Å². The quantitative estimate of drug-likeness (QED) is 0.751. The lowest BCUT2D eigenvalue weighted by molar-refractivity contribution is 0.0577. The number of aromatic nitrogens is 3. The van der Waals surface area contributed by atoms with E-state index in [1.807, 2.05) is 0 Å². The molecule has 0 saturated heterocycles. The molecule has 1 amide bonds. The molecule has 1 aromatic heterocycles. The fourth-order valence-electron chi connectivity index (χ4n) is 2.37. The third kappa shape index (κ3) is 2.79. The minimum Gasteiger partial charge on any atom is -0.443 e. The molecular weight excluding hydrogens is 287 g/mol. The number of halogens is 1. The van der Waals surface area contributed by atoms with Crippen LogP contribution in [0.15, 0.2) is 24.4 Å². The summed E-state index contributed by atoms with van der Waals surface area (Å²) in [5.41, 5.74) is 1.45. The molecule has 1 aromatic carbocycles. The number of hydrogen-bond donors (Lipinski definition) is 0. The number of nitrogens with zero attached hydrogens (tertiary/aromatic N) is 4. The molecule has 0 fully saturated rings. The van der Waals surface area contributed by atoms with E-state index in [9.17, 15) is 9.18 Å². The highest BCUT2D eigenvalue weighted by Crippen LogP contribution is 2.29. The molecule has 7 heteroatoms. The van der Waals surface area contributed by atoms with Crippen LogP contribution in [0.5, 0.6) is 0 Å². The fourth-order valence-corrected chi connectivity index (χ4v) is 2.37. The molecular formula is C15H17FN4O2. The van der Waals surface area contributed by atoms with Crippen LogP contribution in [0, 0.1) is 5.82 Å². The van der Waals surface area contributed by atoms with Crippen LogP contribution in [0.25, 0.3) is 0 Å². The first kappa shape index (κ1) is 14.5. The number of carbonyl (C=O) groups is 1. The molecule has 0 radical (unpaired) electrons. The molecule has 1 aliphatic heterocycles. The summed E-state index contributed by atoms with van der Waals surface area (Å²) in [6.45, 7) is 6.06. The fraction of sp³-hybridized carbons (Fsp3) is 0.400. The normalized spacial score (nSPS) is 14.1. The Bertz CT molecular complexity index is 721. The van der Waals surface area contributed by atoms with Crippen LogP contribution in [0.3, 0.4) is 0 Å². The zero-order chi connectivity index (χ0) is 15.9. The molecule has 0 aliphatic carbocycles. The van der Waals surface area contributed by atoms with Crippen LogP contribution in [0.4, 0.5) is 14.9 Å². The smallest absolute Gasteiger partial charge is 0.415 e. The number of rotatable bonds is 0. The van der Waals surface area contributed by atoms with Crippen LogP contribution in [-0.4, -0.2) is 26.7 Å². The second kappa shape index (κ2) is 5.08. The molecule has 0 bridgehead atoms. The van der Waals surface area contributed by atoms with Gasteiger partial charge in [-0.05, 0) is 39.0 Å². The summed E-state index contributed by atoms with van der Waals surface area (Å²) in [6.07, 6.45) is 1.12. The van der Waals surface area contributed by atoms with Crippen molar-refractivity contribution >= 4 is 11.8 Å². The Morgan fingerprint density at radius 3 is 2.82 bits per heavy atom. The Labute approximate surface area is 127 Å². The molecule has 0 N–H and O–H groups in total. The predicted molar refractivity (Wildman–Crippen MR) is 77.9 cm³/mol. The number of benzene rings is 1. The Kier molecular flexibility index (Phi) is 3.35. The van der Waals surface area contributed by atoms with Crippen molar-refractivity contribution in [2.45, 2.75) is 39.5 Å². The van der Waals surface area contributed by atoms with Gasteiger partial charge < -0.3 is 4.74 Å². The second-order valence-electron chi connectivity index (χ2n) is 6.22. The molecule has 22 heavy (non-hydrogen) atoms. The van der Waals surface area contributed by atoms with Gasteiger partial charge in [-0.2, -0.15) is 0 Å². The van der Waals surface area contributed by atoms with E-state index in [0.717, 1.165) is 5.69 Å². The maximum absolute atomic E-state index is 13.5. The Hall–Kier alpha value is -2.44. The lowest BCUT2D eigenvalue weighted by atomic mass is 10.1. The van der Waals surface area contributed by atoms with Gasteiger partial charge in [-0.1, -0.05) is 5.21 Å². The summed E-state index contributed by atoms with van der Waals surface area (Å²) in [5.74, 6) is -0.355. The highest BCUT2D eigenvalue weighted by Gasteiger charge is 2.29. The highest BCUT2D eigenvalue weighted by molar-refractivity contribution is 5.89. The Morgan fingerprint density at radius 2 is 2.09 bits per heavy atom. The van der Waals surface area contributed by atoms with E-state index in [0.29, 0.717) is 17.8 Å². The summed E-state index contributed by atoms with van der Waals surface area (Å²) < 4.78 is 20.7. The van der Waals surface area contributed by atoms with Crippen LogP contribution in [0.2, 0.25) is 0 Å². The largest absolute Gasteiger partial charge is 0.443 e. The van der Waals surface area contributed by atoms with Crippen molar-refractivity contribution in [3.05, 3.63) is 41.5 Å². The third-order valence-electron chi connectivity index (χ3n) is 3.28. The van der Waals surface area contributed by atoms with Gasteiger partial charge in [0.1, 0.15) is 11.4 Å². The van der Waals surface area contributed by atoms with Gasteiger partial charge in [0.25, 0.3) is 0 Å². The topological polar surface area (TPSA) is 60.2 Å². The van der Waals surface area contributed by atoms with Crippen LogP contribution < -0.4 is 4.90 Å². The number of amides is 1. The standard InChI is InChI=1S/C15H17FN4O2/c1-15(2,3)22-14(21)19-9-12-7-17-18-20(12)8-10-6-11(16)4-5-13(10)19/h4-7H,8-9H2,1-3H3. The van der Waals surface area contributed by atoms with Crippen LogP contribution in [-0.2, 0) is 17.8 Å². The van der Waals surface area contributed by atoms with Crippen molar-refractivity contribution in [2.75, 3.05) is 4.90 Å². The third-order valence-corrected chi connectivity index (χ3v) is 3.28. The average Bonchev–Trinajstić information content (AvgIpc) is 2.76. The molecule has 1 aliphatic rings. The molecule has 0 unspecified atom stereocenters. The van der Waals surface area contributed by atoms with E-state index in [2.05, 4.69) is 10.3 Å². The first-order valence-corrected chi connectivity index (χ1v) is 7.00. The lowest BCUT2D eigenvalue weighted by Gasteiger charge is -2.27. The van der Waals surface area contributed by atoms with Gasteiger partial charge in [-0.15, -0.1) is 5.10 Å². The van der Waals surface area contributed by atoms with Crippen LogP contribution in [0.1, 0.15) is 32.0 Å².